The summed E-state index contributed by atoms with van der Waals surface area (Å²) in [5.41, 5.74) is 0.0517. The number of rotatable bonds is 7. The molecule has 0 aromatic heterocycles. The van der Waals surface area contributed by atoms with Crippen molar-refractivity contribution in [1.82, 2.24) is 5.32 Å². The number of carboxylic acids is 1. The number of carbonyl (C=O) groups is 4. The topological polar surface area (TPSA) is 122 Å². The summed E-state index contributed by atoms with van der Waals surface area (Å²) in [5.74, 6) is -2.86. The highest BCUT2D eigenvalue weighted by molar-refractivity contribution is 6.42. The Bertz CT molecular complexity index is 1150. The van der Waals surface area contributed by atoms with Gasteiger partial charge in [0.15, 0.2) is 18.1 Å². The largest absolute Gasteiger partial charge is 0.490 e. The average molecular weight is 479 g/mol. The van der Waals surface area contributed by atoms with E-state index in [-0.39, 0.29) is 45.0 Å². The lowest BCUT2D eigenvalue weighted by molar-refractivity contribution is -0.139. The lowest BCUT2D eigenvalue weighted by Gasteiger charge is -2.27. The van der Waals surface area contributed by atoms with Gasteiger partial charge in [-0.2, -0.15) is 0 Å². The monoisotopic (exact) mass is 478 g/mol. The standard InChI is InChI=1S/C21H16Cl2N2O7/c1-2-31-16-9-11(8-14(23)18(16)32-10-17(26)27)7-12-19(28)24-21(30)25(20(12)29)15-6-4-3-5-13(15)22/h3-9H,2,10H2,1H3,(H,26,27)(H,24,28,30)/b12-7+. The first-order valence-corrected chi connectivity index (χ1v) is 9.95. The normalized spacial score (nSPS) is 15.0. The molecule has 0 aliphatic carbocycles. The van der Waals surface area contributed by atoms with Crippen LogP contribution in [-0.2, 0) is 14.4 Å². The molecular formula is C21H16Cl2N2O7. The Morgan fingerprint density at radius 2 is 1.84 bits per heavy atom. The van der Waals surface area contributed by atoms with Crippen molar-refractivity contribution in [2.45, 2.75) is 6.92 Å². The lowest BCUT2D eigenvalue weighted by atomic mass is 10.1. The molecule has 11 heteroatoms. The second-order valence-electron chi connectivity index (χ2n) is 6.35. The number of imide groups is 2. The maximum atomic E-state index is 13.0. The number of nitrogens with zero attached hydrogens (tertiary/aromatic N) is 1. The number of amides is 4. The van der Waals surface area contributed by atoms with E-state index in [1.807, 2.05) is 0 Å². The van der Waals surface area contributed by atoms with Crippen molar-refractivity contribution in [2.24, 2.45) is 0 Å². The fraction of sp³-hybridized carbons (Fsp3) is 0.143. The fourth-order valence-electron chi connectivity index (χ4n) is 2.88. The number of hydrogen-bond acceptors (Lipinski definition) is 6. The maximum absolute atomic E-state index is 13.0. The van der Waals surface area contributed by atoms with E-state index in [1.165, 1.54) is 30.3 Å². The molecular weight excluding hydrogens is 463 g/mol. The van der Waals surface area contributed by atoms with Gasteiger partial charge in [0, 0.05) is 0 Å². The Hall–Kier alpha value is -3.56. The zero-order valence-corrected chi connectivity index (χ0v) is 18.1. The highest BCUT2D eigenvalue weighted by Gasteiger charge is 2.37. The van der Waals surface area contributed by atoms with Crippen molar-refractivity contribution in [3.63, 3.8) is 0 Å². The summed E-state index contributed by atoms with van der Waals surface area (Å²) in [6.45, 7) is 1.27. The second kappa shape index (κ2) is 9.71. The van der Waals surface area contributed by atoms with Gasteiger partial charge in [-0.1, -0.05) is 35.3 Å². The number of barbiturate groups is 1. The number of para-hydroxylation sites is 1. The van der Waals surface area contributed by atoms with Crippen LogP contribution >= 0.6 is 23.2 Å². The van der Waals surface area contributed by atoms with Gasteiger partial charge in [-0.15, -0.1) is 0 Å². The van der Waals surface area contributed by atoms with Crippen molar-refractivity contribution >= 4 is 58.8 Å². The fourth-order valence-corrected chi connectivity index (χ4v) is 3.38. The van der Waals surface area contributed by atoms with Crippen LogP contribution in [0.5, 0.6) is 11.5 Å². The van der Waals surface area contributed by atoms with E-state index in [4.69, 9.17) is 37.8 Å². The summed E-state index contributed by atoms with van der Waals surface area (Å²) in [4.78, 5) is 49.3. The molecule has 0 spiro atoms. The molecule has 9 nitrogen and oxygen atoms in total. The van der Waals surface area contributed by atoms with Gasteiger partial charge in [0.05, 0.1) is 22.3 Å². The summed E-state index contributed by atoms with van der Waals surface area (Å²) in [7, 11) is 0. The minimum atomic E-state index is -1.21. The third-order valence-electron chi connectivity index (χ3n) is 4.18. The molecule has 0 atom stereocenters. The maximum Gasteiger partial charge on any atom is 0.341 e. The van der Waals surface area contributed by atoms with Crippen molar-refractivity contribution in [3.05, 3.63) is 57.6 Å². The summed E-state index contributed by atoms with van der Waals surface area (Å²) in [6.07, 6.45) is 1.23. The number of hydrogen-bond donors (Lipinski definition) is 2. The van der Waals surface area contributed by atoms with Crippen LogP contribution in [0.4, 0.5) is 10.5 Å². The summed E-state index contributed by atoms with van der Waals surface area (Å²) in [6, 6.07) is 8.04. The number of anilines is 1. The zero-order chi connectivity index (χ0) is 23.4. The van der Waals surface area contributed by atoms with Crippen LogP contribution in [0.1, 0.15) is 12.5 Å². The zero-order valence-electron chi connectivity index (χ0n) is 16.6. The van der Waals surface area contributed by atoms with E-state index in [1.54, 1.807) is 19.1 Å². The van der Waals surface area contributed by atoms with Crippen molar-refractivity contribution < 1.29 is 33.8 Å². The quantitative estimate of drug-likeness (QED) is 0.460. The van der Waals surface area contributed by atoms with Crippen LogP contribution < -0.4 is 19.7 Å². The van der Waals surface area contributed by atoms with Crippen LogP contribution in [0.25, 0.3) is 6.08 Å². The molecule has 2 aromatic rings. The van der Waals surface area contributed by atoms with Crippen molar-refractivity contribution in [3.8, 4) is 11.5 Å². The Labute approximate surface area is 192 Å². The van der Waals surface area contributed by atoms with E-state index in [2.05, 4.69) is 5.32 Å². The van der Waals surface area contributed by atoms with E-state index >= 15 is 0 Å². The first-order chi connectivity index (χ1) is 15.2. The average Bonchev–Trinajstić information content (AvgIpc) is 2.72. The summed E-state index contributed by atoms with van der Waals surface area (Å²) >= 11 is 12.3. The van der Waals surface area contributed by atoms with Gasteiger partial charge in [0.2, 0.25) is 0 Å². The smallest absolute Gasteiger partial charge is 0.341 e. The van der Waals surface area contributed by atoms with Crippen LogP contribution in [0.2, 0.25) is 10.0 Å². The molecule has 1 fully saturated rings. The molecule has 4 amide bonds. The van der Waals surface area contributed by atoms with Gasteiger partial charge in [-0.3, -0.25) is 14.9 Å². The molecule has 1 aliphatic rings. The van der Waals surface area contributed by atoms with Gasteiger partial charge in [-0.05, 0) is 42.8 Å². The SMILES string of the molecule is CCOc1cc(/C=C2\C(=O)NC(=O)N(c3ccccc3Cl)C2=O)cc(Cl)c1OCC(=O)O. The Morgan fingerprint density at radius 3 is 2.50 bits per heavy atom. The number of carboxylic acid groups (broad SMARTS) is 1. The predicted octanol–water partition coefficient (Wildman–Crippen LogP) is 3.52. The van der Waals surface area contributed by atoms with Gasteiger partial charge >= 0.3 is 12.0 Å². The van der Waals surface area contributed by atoms with Crippen molar-refractivity contribution in [1.29, 1.82) is 0 Å². The second-order valence-corrected chi connectivity index (χ2v) is 7.17. The Kier molecular flexibility index (Phi) is 7.01. The van der Waals surface area contributed by atoms with Crippen LogP contribution in [-0.4, -0.2) is 42.1 Å². The molecule has 3 rings (SSSR count). The van der Waals surface area contributed by atoms with Gasteiger partial charge in [0.1, 0.15) is 5.57 Å². The number of urea groups is 1. The molecule has 0 unspecified atom stereocenters. The molecule has 1 heterocycles. The summed E-state index contributed by atoms with van der Waals surface area (Å²) < 4.78 is 10.6. The van der Waals surface area contributed by atoms with Crippen molar-refractivity contribution in [2.75, 3.05) is 18.1 Å². The molecule has 0 radical (unpaired) electrons. The number of aliphatic carboxylic acids is 1. The summed E-state index contributed by atoms with van der Waals surface area (Å²) in [5, 5.41) is 11.1. The number of carbonyl (C=O) groups excluding carboxylic acids is 3. The molecule has 0 saturated carbocycles. The molecule has 166 valence electrons. The number of ether oxygens (including phenoxy) is 2. The van der Waals surface area contributed by atoms with Gasteiger partial charge in [0.25, 0.3) is 11.8 Å². The highest BCUT2D eigenvalue weighted by atomic mass is 35.5. The van der Waals surface area contributed by atoms with E-state index in [9.17, 15) is 19.2 Å². The number of nitrogens with one attached hydrogen (secondary N) is 1. The van der Waals surface area contributed by atoms with E-state index in [0.29, 0.717) is 0 Å². The first kappa shape index (κ1) is 23.1. The van der Waals surface area contributed by atoms with Gasteiger partial charge in [-0.25, -0.2) is 14.5 Å². The number of benzene rings is 2. The lowest BCUT2D eigenvalue weighted by Crippen LogP contribution is -2.54. The van der Waals surface area contributed by atoms with Crippen LogP contribution in [0, 0.1) is 0 Å². The molecule has 2 aromatic carbocycles. The van der Waals surface area contributed by atoms with Crippen LogP contribution in [0.3, 0.4) is 0 Å². The molecule has 2 N–H and O–H groups in total. The third-order valence-corrected chi connectivity index (χ3v) is 4.78. The molecule has 1 saturated heterocycles. The molecule has 1 aliphatic heterocycles. The van der Waals surface area contributed by atoms with E-state index in [0.717, 1.165) is 4.90 Å². The van der Waals surface area contributed by atoms with Crippen LogP contribution in [0.15, 0.2) is 42.0 Å². The predicted molar refractivity (Wildman–Crippen MR) is 116 cm³/mol. The molecule has 0 bridgehead atoms. The highest BCUT2D eigenvalue weighted by Crippen LogP contribution is 2.38. The third kappa shape index (κ3) is 4.84. The van der Waals surface area contributed by atoms with Gasteiger partial charge < -0.3 is 14.6 Å². The first-order valence-electron chi connectivity index (χ1n) is 9.19. The Morgan fingerprint density at radius 1 is 1.12 bits per heavy atom. The molecule has 32 heavy (non-hydrogen) atoms. The Balaban J connectivity index is 2.03. The van der Waals surface area contributed by atoms with E-state index < -0.39 is 30.4 Å². The minimum Gasteiger partial charge on any atom is -0.490 e. The number of halogens is 2. The minimum absolute atomic E-state index is 0.00496.